The molecule has 0 radical (unpaired) electrons. The molecular weight excluding hydrogens is 383 g/mol. The third-order valence-corrected chi connectivity index (χ3v) is 3.91. The second kappa shape index (κ2) is 5.42. The molecule has 2 aromatic rings. The maximum Gasteiger partial charge on any atom is 0.222 e. The summed E-state index contributed by atoms with van der Waals surface area (Å²) in [5.74, 6) is 0.790. The Hall–Kier alpha value is -0.850. The number of aromatic nitrogens is 2. The fourth-order valence-electron chi connectivity index (χ4n) is 1.34. The topological polar surface area (TPSA) is 63.8 Å². The highest BCUT2D eigenvalue weighted by molar-refractivity contribution is 9.11. The van der Waals surface area contributed by atoms with Crippen molar-refractivity contribution in [1.82, 2.24) is 9.97 Å². The quantitative estimate of drug-likeness (QED) is 0.800. The van der Waals surface area contributed by atoms with Crippen molar-refractivity contribution in [2.45, 2.75) is 6.92 Å². The van der Waals surface area contributed by atoms with E-state index in [1.807, 2.05) is 19.1 Å². The van der Waals surface area contributed by atoms with Crippen LogP contribution in [0.3, 0.4) is 0 Å². The molecular formula is C11H9Br2ClN4. The van der Waals surface area contributed by atoms with Crippen LogP contribution < -0.4 is 11.1 Å². The Balaban J connectivity index is 2.40. The van der Waals surface area contributed by atoms with Gasteiger partial charge < -0.3 is 11.1 Å². The molecule has 1 heterocycles. The number of nitrogens with zero attached hydrogens (tertiary/aromatic N) is 2. The van der Waals surface area contributed by atoms with E-state index in [1.165, 1.54) is 0 Å². The van der Waals surface area contributed by atoms with E-state index in [4.69, 9.17) is 17.3 Å². The van der Waals surface area contributed by atoms with Gasteiger partial charge in [-0.25, -0.2) is 4.98 Å². The molecule has 7 heteroatoms. The van der Waals surface area contributed by atoms with E-state index in [0.29, 0.717) is 10.8 Å². The number of halogens is 3. The van der Waals surface area contributed by atoms with Gasteiger partial charge in [-0.15, -0.1) is 0 Å². The van der Waals surface area contributed by atoms with Crippen molar-refractivity contribution in [3.05, 3.63) is 37.9 Å². The number of benzene rings is 1. The molecule has 3 N–H and O–H groups in total. The van der Waals surface area contributed by atoms with Gasteiger partial charge in [-0.3, -0.25) is 0 Å². The minimum atomic E-state index is 0.204. The number of nitrogens with one attached hydrogen (secondary N) is 1. The summed E-state index contributed by atoms with van der Waals surface area (Å²) in [5, 5.41) is 3.82. The Labute approximate surface area is 126 Å². The largest absolute Gasteiger partial charge is 0.368 e. The predicted octanol–water partition coefficient (Wildman–Crippen LogP) is 4.29. The SMILES string of the molecule is Cc1cc(Br)c(Nc2nc(N)ncc2Br)cc1Cl. The lowest BCUT2D eigenvalue weighted by atomic mass is 10.2. The molecule has 2 rings (SSSR count). The molecule has 94 valence electrons. The predicted molar refractivity (Wildman–Crippen MR) is 81.3 cm³/mol. The molecule has 18 heavy (non-hydrogen) atoms. The van der Waals surface area contributed by atoms with E-state index < -0.39 is 0 Å². The fraction of sp³-hybridized carbons (Fsp3) is 0.0909. The molecule has 0 bridgehead atoms. The van der Waals surface area contributed by atoms with Crippen molar-refractivity contribution in [3.63, 3.8) is 0 Å². The summed E-state index contributed by atoms with van der Waals surface area (Å²) in [6.07, 6.45) is 1.59. The van der Waals surface area contributed by atoms with Crippen LogP contribution in [0.25, 0.3) is 0 Å². The van der Waals surface area contributed by atoms with Crippen molar-refractivity contribution >= 4 is 60.9 Å². The summed E-state index contributed by atoms with van der Waals surface area (Å²) in [4.78, 5) is 7.98. The molecule has 0 fully saturated rings. The van der Waals surface area contributed by atoms with Gasteiger partial charge >= 0.3 is 0 Å². The maximum absolute atomic E-state index is 6.09. The average molecular weight is 392 g/mol. The number of anilines is 3. The van der Waals surface area contributed by atoms with Crippen molar-refractivity contribution in [2.24, 2.45) is 0 Å². The molecule has 4 nitrogen and oxygen atoms in total. The summed E-state index contributed by atoms with van der Waals surface area (Å²) in [5.41, 5.74) is 7.36. The fourth-order valence-corrected chi connectivity index (χ4v) is 2.35. The van der Waals surface area contributed by atoms with Crippen molar-refractivity contribution in [3.8, 4) is 0 Å². The van der Waals surface area contributed by atoms with Gasteiger partial charge in [0.2, 0.25) is 5.95 Å². The first-order valence-electron chi connectivity index (χ1n) is 4.98. The van der Waals surface area contributed by atoms with Gasteiger partial charge in [0.15, 0.2) is 0 Å². The molecule has 0 aliphatic carbocycles. The molecule has 1 aromatic carbocycles. The van der Waals surface area contributed by atoms with Crippen LogP contribution >= 0.6 is 43.5 Å². The molecule has 0 aliphatic rings. The van der Waals surface area contributed by atoms with Crippen LogP contribution in [0.5, 0.6) is 0 Å². The zero-order chi connectivity index (χ0) is 13.3. The summed E-state index contributed by atoms with van der Waals surface area (Å²) in [6, 6.07) is 3.76. The molecule has 0 amide bonds. The number of nitrogens with two attached hydrogens (primary N) is 1. The number of aryl methyl sites for hydroxylation is 1. The zero-order valence-electron chi connectivity index (χ0n) is 9.34. The van der Waals surface area contributed by atoms with Crippen LogP contribution in [0.1, 0.15) is 5.56 Å². The Morgan fingerprint density at radius 1 is 1.28 bits per heavy atom. The van der Waals surface area contributed by atoms with Crippen molar-refractivity contribution in [2.75, 3.05) is 11.1 Å². The van der Waals surface area contributed by atoms with Crippen LogP contribution in [0.2, 0.25) is 5.02 Å². The van der Waals surface area contributed by atoms with Crippen molar-refractivity contribution in [1.29, 1.82) is 0 Å². The van der Waals surface area contributed by atoms with Crippen LogP contribution in [0.4, 0.5) is 17.5 Å². The number of hydrogen-bond acceptors (Lipinski definition) is 4. The third-order valence-electron chi connectivity index (χ3n) is 2.26. The summed E-state index contributed by atoms with van der Waals surface area (Å²) >= 11 is 12.9. The van der Waals surface area contributed by atoms with Gasteiger partial charge in [0.05, 0.1) is 10.2 Å². The van der Waals surface area contributed by atoms with E-state index in [0.717, 1.165) is 20.2 Å². The normalized spacial score (nSPS) is 10.4. The third kappa shape index (κ3) is 2.93. The molecule has 0 spiro atoms. The van der Waals surface area contributed by atoms with Gasteiger partial charge in [0.25, 0.3) is 0 Å². The number of nitrogen functional groups attached to an aromatic ring is 1. The molecule has 1 aromatic heterocycles. The van der Waals surface area contributed by atoms with E-state index in [2.05, 4.69) is 47.1 Å². The van der Waals surface area contributed by atoms with Gasteiger partial charge in [-0.1, -0.05) is 11.6 Å². The standard InChI is InChI=1S/C11H9Br2ClN4/c1-5-2-6(12)9(3-8(5)14)17-10-7(13)4-16-11(15)18-10/h2-4H,1H3,(H3,15,16,17,18). The first-order chi connectivity index (χ1) is 8.47. The second-order valence-electron chi connectivity index (χ2n) is 3.63. The minimum Gasteiger partial charge on any atom is -0.368 e. The van der Waals surface area contributed by atoms with Gasteiger partial charge in [-0.2, -0.15) is 4.98 Å². The minimum absolute atomic E-state index is 0.204. The van der Waals surface area contributed by atoms with Crippen LogP contribution in [-0.2, 0) is 0 Å². The van der Waals surface area contributed by atoms with Gasteiger partial charge in [-0.05, 0) is 56.5 Å². The number of rotatable bonds is 2. The van der Waals surface area contributed by atoms with Crippen LogP contribution in [-0.4, -0.2) is 9.97 Å². The Morgan fingerprint density at radius 2 is 2.00 bits per heavy atom. The smallest absolute Gasteiger partial charge is 0.222 e. The van der Waals surface area contributed by atoms with Gasteiger partial charge in [0.1, 0.15) is 5.82 Å². The molecule has 0 saturated carbocycles. The molecule has 0 aliphatic heterocycles. The number of hydrogen-bond donors (Lipinski definition) is 2. The lowest BCUT2D eigenvalue weighted by molar-refractivity contribution is 1.17. The Morgan fingerprint density at radius 3 is 2.72 bits per heavy atom. The highest BCUT2D eigenvalue weighted by atomic mass is 79.9. The van der Waals surface area contributed by atoms with E-state index >= 15 is 0 Å². The Bertz CT molecular complexity index is 604. The lowest BCUT2D eigenvalue weighted by Crippen LogP contribution is -2.01. The van der Waals surface area contributed by atoms with Crippen molar-refractivity contribution < 1.29 is 0 Å². The molecule has 0 unspecified atom stereocenters. The average Bonchev–Trinajstić information content (AvgIpc) is 2.30. The highest BCUT2D eigenvalue weighted by Crippen LogP contribution is 2.32. The first kappa shape index (κ1) is 13.6. The van der Waals surface area contributed by atoms with E-state index in [-0.39, 0.29) is 5.95 Å². The summed E-state index contributed by atoms with van der Waals surface area (Å²) in [6.45, 7) is 1.94. The van der Waals surface area contributed by atoms with E-state index in [9.17, 15) is 0 Å². The first-order valence-corrected chi connectivity index (χ1v) is 6.94. The maximum atomic E-state index is 6.09. The Kier molecular flexibility index (Phi) is 4.09. The lowest BCUT2D eigenvalue weighted by Gasteiger charge is -2.11. The molecule has 0 atom stereocenters. The summed E-state index contributed by atoms with van der Waals surface area (Å²) in [7, 11) is 0. The van der Waals surface area contributed by atoms with Crippen LogP contribution in [0.15, 0.2) is 27.3 Å². The summed E-state index contributed by atoms with van der Waals surface area (Å²) < 4.78 is 1.62. The zero-order valence-corrected chi connectivity index (χ0v) is 13.3. The van der Waals surface area contributed by atoms with Crippen LogP contribution in [0, 0.1) is 6.92 Å². The van der Waals surface area contributed by atoms with Gasteiger partial charge in [0, 0.05) is 15.7 Å². The second-order valence-corrected chi connectivity index (χ2v) is 5.75. The monoisotopic (exact) mass is 390 g/mol. The molecule has 0 saturated heterocycles. The highest BCUT2D eigenvalue weighted by Gasteiger charge is 2.08. The van der Waals surface area contributed by atoms with E-state index in [1.54, 1.807) is 6.20 Å².